The number of rotatable bonds is 0. The molecule has 0 aliphatic carbocycles. The third-order valence-corrected chi connectivity index (χ3v) is 0.498. The Labute approximate surface area is 38.9 Å². The van der Waals surface area contributed by atoms with Gasteiger partial charge in [0.15, 0.2) is 0 Å². The predicted molar refractivity (Wildman–Crippen MR) is 17.5 cm³/mol. The molecule has 3 radical (unpaired) electrons. The summed E-state index contributed by atoms with van der Waals surface area (Å²) < 4.78 is 4.03. The van der Waals surface area contributed by atoms with Crippen molar-refractivity contribution < 1.29 is 8.58 Å². The van der Waals surface area contributed by atoms with Crippen molar-refractivity contribution >= 4 is 22.6 Å². The summed E-state index contributed by atoms with van der Waals surface area (Å²) in [7, 11) is 0. The predicted octanol–water partition coefficient (Wildman–Crippen LogP) is -0.367. The second-order valence-electron chi connectivity index (χ2n) is 0.609. The molecule has 0 aliphatic rings. The van der Waals surface area contributed by atoms with Gasteiger partial charge in [0.1, 0.15) is 0 Å². The first-order valence-electron chi connectivity index (χ1n) is 1.14. The highest BCUT2D eigenvalue weighted by atomic mass is 27.1. The van der Waals surface area contributed by atoms with E-state index < -0.39 is 0 Å². The summed E-state index contributed by atoms with van der Waals surface area (Å²) in [6.45, 7) is 1.34. The average molecular weight is 86.0 g/mol. The normalized spacial score (nSPS) is 6.80. The van der Waals surface area contributed by atoms with Gasteiger partial charge in [0, 0.05) is 6.92 Å². The molecule has 0 aromatic heterocycles. The maximum atomic E-state index is 9.57. The molecule has 0 fully saturated rings. The summed E-state index contributed by atoms with van der Waals surface area (Å²) in [4.78, 5) is 9.57. The zero-order valence-electron chi connectivity index (χ0n) is 2.89. The van der Waals surface area contributed by atoms with Crippen molar-refractivity contribution in [3.8, 4) is 0 Å². The van der Waals surface area contributed by atoms with E-state index in [9.17, 15) is 4.79 Å². The van der Waals surface area contributed by atoms with E-state index in [1.165, 1.54) is 6.92 Å². The molecule has 0 saturated carbocycles. The monoisotopic (exact) mass is 86.0 g/mol. The van der Waals surface area contributed by atoms with Crippen LogP contribution in [0.4, 0.5) is 0 Å². The van der Waals surface area contributed by atoms with Crippen LogP contribution in [0.2, 0.25) is 0 Å². The van der Waals surface area contributed by atoms with Crippen LogP contribution in [0.5, 0.6) is 0 Å². The smallest absolute Gasteiger partial charge is 0.229 e. The minimum Gasteiger partial charge on any atom is -0.855 e. The Hall–Kier alpha value is 0.00247. The molecule has 3 heteroatoms. The van der Waals surface area contributed by atoms with Gasteiger partial charge in [0.05, 0.1) is 0 Å². The standard InChI is InChI=1S/C2H4O2.Al/c1-2(3)4;/h1H3,(H,3,4);/p-1. The number of carbonyl (C=O) groups excluding carboxylic acids is 1. The first kappa shape index (κ1) is 5.00. The van der Waals surface area contributed by atoms with Gasteiger partial charge >= 0.3 is 0 Å². The number of carbonyl (C=O) groups is 1. The minimum absolute atomic E-state index is 0.282. The van der Waals surface area contributed by atoms with Crippen molar-refractivity contribution in [3.63, 3.8) is 0 Å². The van der Waals surface area contributed by atoms with Gasteiger partial charge in [-0.2, -0.15) is 0 Å². The summed E-state index contributed by atoms with van der Waals surface area (Å²) in [6, 6.07) is 0. The Morgan fingerprint density at radius 1 is 2.00 bits per heavy atom. The fourth-order valence-electron chi connectivity index (χ4n) is 0. The molecule has 27 valence electrons. The molecule has 0 bridgehead atoms. The number of hydrogen-bond acceptors (Lipinski definition) is 2. The van der Waals surface area contributed by atoms with Crippen LogP contribution in [-0.2, 0) is 8.58 Å². The average Bonchev–Trinajstić information content (AvgIpc) is 1.38. The minimum atomic E-state index is -0.282. The molecule has 5 heavy (non-hydrogen) atoms. The molecule has 0 heterocycles. The molecule has 0 aliphatic heterocycles. The molecular weight excluding hydrogens is 83.0 g/mol. The van der Waals surface area contributed by atoms with E-state index in [-0.39, 0.29) is 5.97 Å². The van der Waals surface area contributed by atoms with Crippen LogP contribution in [0, 0.1) is 0 Å². The molecule has 0 N–H and O–H groups in total. The Balaban J connectivity index is 2.85. The quantitative estimate of drug-likeness (QED) is 0.376. The van der Waals surface area contributed by atoms with Crippen molar-refractivity contribution in [2.24, 2.45) is 0 Å². The van der Waals surface area contributed by atoms with E-state index in [2.05, 4.69) is 3.79 Å². The van der Waals surface area contributed by atoms with Crippen molar-refractivity contribution in [2.75, 3.05) is 0 Å². The van der Waals surface area contributed by atoms with Gasteiger partial charge in [0.25, 0.3) is 0 Å². The lowest BCUT2D eigenvalue weighted by Gasteiger charge is -2.06. The third-order valence-electron chi connectivity index (χ3n) is 0.166. The molecular formula is C2H3AlO2-. The van der Waals surface area contributed by atoms with E-state index in [1.54, 1.807) is 0 Å². The van der Waals surface area contributed by atoms with E-state index in [4.69, 9.17) is 0 Å². The van der Waals surface area contributed by atoms with Crippen molar-refractivity contribution in [1.29, 1.82) is 0 Å². The van der Waals surface area contributed by atoms with Gasteiger partial charge in [0.2, 0.25) is 5.97 Å². The van der Waals surface area contributed by atoms with E-state index in [0.29, 0.717) is 0 Å². The maximum absolute atomic E-state index is 9.57. The summed E-state index contributed by atoms with van der Waals surface area (Å²) in [5.41, 5.74) is 0. The highest BCUT2D eigenvalue weighted by Crippen LogP contribution is 1.58. The fraction of sp³-hybridized carbons (Fsp3) is 0.500. The van der Waals surface area contributed by atoms with E-state index in [1.807, 2.05) is 16.6 Å². The first-order chi connectivity index (χ1) is 2.27. The summed E-state index contributed by atoms with van der Waals surface area (Å²) in [6.07, 6.45) is 0. The zero-order chi connectivity index (χ0) is 4.28. The van der Waals surface area contributed by atoms with Gasteiger partial charge in [-0.3, -0.25) is 4.79 Å². The largest absolute Gasteiger partial charge is 0.855 e. The van der Waals surface area contributed by atoms with Crippen LogP contribution in [0.25, 0.3) is 0 Å². The van der Waals surface area contributed by atoms with Crippen LogP contribution in [0.3, 0.4) is 0 Å². The number of hydrogen-bond donors (Lipinski definition) is 0. The highest BCUT2D eigenvalue weighted by Gasteiger charge is 1.63. The Bertz CT molecular complexity index is 42.9. The molecule has 0 unspecified atom stereocenters. The topological polar surface area (TPSA) is 26.3 Å². The van der Waals surface area contributed by atoms with Crippen molar-refractivity contribution in [2.45, 2.75) is 6.92 Å². The molecule has 0 rings (SSSR count). The lowest BCUT2D eigenvalue weighted by atomic mass is 10.9. The van der Waals surface area contributed by atoms with E-state index >= 15 is 0 Å². The van der Waals surface area contributed by atoms with Crippen LogP contribution >= 0.6 is 0 Å². The molecule has 0 saturated heterocycles. The Morgan fingerprint density at radius 3 is 2.20 bits per heavy atom. The summed E-state index contributed by atoms with van der Waals surface area (Å²) in [5, 5.41) is 0. The van der Waals surface area contributed by atoms with Crippen LogP contribution in [0.15, 0.2) is 0 Å². The molecule has 0 atom stereocenters. The van der Waals surface area contributed by atoms with Crippen LogP contribution < -0.4 is 0 Å². The molecule has 0 spiro atoms. The lowest BCUT2D eigenvalue weighted by Crippen LogP contribution is -1.90. The summed E-state index contributed by atoms with van der Waals surface area (Å²) >= 11 is 1.84. The molecule has 0 aromatic rings. The van der Waals surface area contributed by atoms with Crippen molar-refractivity contribution in [3.05, 3.63) is 0 Å². The molecule has 0 aromatic carbocycles. The second-order valence-corrected chi connectivity index (χ2v) is 0.845. The van der Waals surface area contributed by atoms with E-state index in [0.717, 1.165) is 0 Å². The van der Waals surface area contributed by atoms with Gasteiger partial charge in [-0.05, 0) is 0 Å². The van der Waals surface area contributed by atoms with Crippen LogP contribution in [0.1, 0.15) is 6.92 Å². The summed E-state index contributed by atoms with van der Waals surface area (Å²) in [5.74, 6) is -0.282. The Morgan fingerprint density at radius 2 is 2.20 bits per heavy atom. The van der Waals surface area contributed by atoms with Crippen LogP contribution in [-0.4, -0.2) is 22.6 Å². The first-order valence-corrected chi connectivity index (χ1v) is 1.62. The molecule has 0 amide bonds. The second kappa shape index (κ2) is 2.25. The zero-order valence-corrected chi connectivity index (χ0v) is 4.05. The van der Waals surface area contributed by atoms with Gasteiger partial charge in [-0.15, -0.1) is 0 Å². The highest BCUT2D eigenvalue weighted by molar-refractivity contribution is 6.04. The third kappa shape index (κ3) is 4.00. The molecule has 2 nitrogen and oxygen atoms in total. The maximum Gasteiger partial charge on any atom is 0.229 e. The van der Waals surface area contributed by atoms with Gasteiger partial charge < -0.3 is 3.79 Å². The van der Waals surface area contributed by atoms with Gasteiger partial charge in [-0.1, -0.05) is 0 Å². The van der Waals surface area contributed by atoms with Crippen molar-refractivity contribution in [1.82, 2.24) is 0 Å². The fourth-order valence-corrected chi connectivity index (χ4v) is 0. The SMILES string of the molecule is CC(=O)[O][Al-]. The lowest BCUT2D eigenvalue weighted by molar-refractivity contribution is -0.131. The Kier molecular flexibility index (Phi) is 2.25. The van der Waals surface area contributed by atoms with Gasteiger partial charge in [-0.25, -0.2) is 16.6 Å².